The van der Waals surface area contributed by atoms with Crippen LogP contribution < -0.4 is 0 Å². The van der Waals surface area contributed by atoms with Gasteiger partial charge in [-0.25, -0.2) is 4.98 Å². The molecule has 0 unspecified atom stereocenters. The van der Waals surface area contributed by atoms with Crippen molar-refractivity contribution < 1.29 is 9.34 Å². The summed E-state index contributed by atoms with van der Waals surface area (Å²) < 4.78 is 5.10. The van der Waals surface area contributed by atoms with Gasteiger partial charge in [0.15, 0.2) is 5.82 Å². The summed E-state index contributed by atoms with van der Waals surface area (Å²) in [5.74, 6) is 0.413. The molecule has 7 heteroatoms. The number of hydrogen-bond donors (Lipinski definition) is 1. The van der Waals surface area contributed by atoms with Crippen molar-refractivity contribution in [1.29, 1.82) is 0 Å². The number of benzene rings is 1. The van der Waals surface area contributed by atoms with E-state index in [0.29, 0.717) is 21.9 Å². The van der Waals surface area contributed by atoms with Crippen LogP contribution in [-0.4, -0.2) is 14.9 Å². The Morgan fingerprint density at radius 1 is 1.39 bits per heavy atom. The molecule has 0 aliphatic heterocycles. The lowest BCUT2D eigenvalue weighted by Crippen LogP contribution is -1.88. The van der Waals surface area contributed by atoms with Gasteiger partial charge in [0.05, 0.1) is 28.3 Å². The predicted octanol–water partition coefficient (Wildman–Crippen LogP) is 3.38. The molecule has 18 heavy (non-hydrogen) atoms. The third-order valence-electron chi connectivity index (χ3n) is 2.50. The first-order chi connectivity index (χ1) is 8.65. The minimum Gasteiger partial charge on any atom is -0.454 e. The molecule has 0 atom stereocenters. The van der Waals surface area contributed by atoms with Crippen LogP contribution in [0.15, 0.2) is 34.9 Å². The van der Waals surface area contributed by atoms with Gasteiger partial charge in [-0.15, -0.1) is 0 Å². The van der Waals surface area contributed by atoms with Gasteiger partial charge in [0.2, 0.25) is 5.76 Å². The van der Waals surface area contributed by atoms with Crippen molar-refractivity contribution in [3.63, 3.8) is 0 Å². The number of halogens is 1. The Hall–Kier alpha value is -2.34. The maximum atomic E-state index is 10.8. The van der Waals surface area contributed by atoms with Crippen LogP contribution >= 0.6 is 11.6 Å². The fourth-order valence-electron chi connectivity index (χ4n) is 1.71. The zero-order valence-corrected chi connectivity index (χ0v) is 9.64. The summed E-state index contributed by atoms with van der Waals surface area (Å²) in [6.07, 6.45) is 1.26. The minimum atomic E-state index is -0.515. The first kappa shape index (κ1) is 10.8. The van der Waals surface area contributed by atoms with E-state index in [2.05, 4.69) is 9.97 Å². The Bertz CT molecular complexity index is 747. The van der Waals surface area contributed by atoms with Gasteiger partial charge in [-0.1, -0.05) is 11.6 Å². The Kier molecular flexibility index (Phi) is 2.31. The number of nitro groups is 1. The summed E-state index contributed by atoms with van der Waals surface area (Å²) in [5.41, 5.74) is 1.24. The molecule has 0 saturated carbocycles. The number of fused-ring (bicyclic) bond motifs is 1. The fraction of sp³-hybridized carbons (Fsp3) is 0. The second-order valence-corrected chi connectivity index (χ2v) is 4.08. The maximum absolute atomic E-state index is 10.8. The van der Waals surface area contributed by atoms with Crippen molar-refractivity contribution >= 4 is 28.3 Å². The monoisotopic (exact) mass is 263 g/mol. The molecule has 0 fully saturated rings. The number of hydrogen-bond acceptors (Lipinski definition) is 4. The smallest absolute Gasteiger partial charge is 0.318 e. The van der Waals surface area contributed by atoms with Crippen LogP contribution in [-0.2, 0) is 0 Å². The summed E-state index contributed by atoms with van der Waals surface area (Å²) in [4.78, 5) is 17.5. The lowest BCUT2D eigenvalue weighted by Gasteiger charge is -1.90. The van der Waals surface area contributed by atoms with E-state index in [9.17, 15) is 10.1 Å². The van der Waals surface area contributed by atoms with Crippen LogP contribution in [0.2, 0.25) is 5.02 Å². The Morgan fingerprint density at radius 2 is 2.22 bits per heavy atom. The Labute approximate surface area is 105 Å². The predicted molar refractivity (Wildman–Crippen MR) is 65.5 cm³/mol. The van der Waals surface area contributed by atoms with Gasteiger partial charge >= 0.3 is 5.69 Å². The molecule has 0 spiro atoms. The molecule has 6 nitrogen and oxygen atoms in total. The van der Waals surface area contributed by atoms with E-state index in [1.807, 2.05) is 0 Å². The number of nitrogens with one attached hydrogen (secondary N) is 1. The number of furan rings is 1. The van der Waals surface area contributed by atoms with E-state index >= 15 is 0 Å². The molecule has 1 N–H and O–H groups in total. The molecule has 3 rings (SSSR count). The molecule has 0 bridgehead atoms. The minimum absolute atomic E-state index is 0.104. The highest BCUT2D eigenvalue weighted by molar-refractivity contribution is 6.31. The van der Waals surface area contributed by atoms with E-state index in [-0.39, 0.29) is 11.4 Å². The topological polar surface area (TPSA) is 85.0 Å². The van der Waals surface area contributed by atoms with E-state index < -0.39 is 4.92 Å². The molecular weight excluding hydrogens is 258 g/mol. The van der Waals surface area contributed by atoms with Gasteiger partial charge in [-0.3, -0.25) is 10.1 Å². The third-order valence-corrected chi connectivity index (χ3v) is 2.74. The highest BCUT2D eigenvalue weighted by Gasteiger charge is 2.21. The lowest BCUT2D eigenvalue weighted by atomic mass is 10.3. The van der Waals surface area contributed by atoms with Gasteiger partial charge in [0, 0.05) is 5.02 Å². The first-order valence-corrected chi connectivity index (χ1v) is 5.40. The van der Waals surface area contributed by atoms with E-state index in [1.54, 1.807) is 18.2 Å². The second kappa shape index (κ2) is 3.85. The fourth-order valence-corrected chi connectivity index (χ4v) is 1.88. The van der Waals surface area contributed by atoms with Crippen LogP contribution in [0.5, 0.6) is 0 Å². The number of rotatable bonds is 2. The van der Waals surface area contributed by atoms with Crippen LogP contribution in [0.3, 0.4) is 0 Å². The van der Waals surface area contributed by atoms with E-state index in [4.69, 9.17) is 16.0 Å². The number of aromatic nitrogens is 2. The molecule has 0 aliphatic carbocycles. The van der Waals surface area contributed by atoms with Gasteiger partial charge in [-0.05, 0) is 18.2 Å². The Morgan fingerprint density at radius 3 is 3.00 bits per heavy atom. The highest BCUT2D eigenvalue weighted by atomic mass is 35.5. The third kappa shape index (κ3) is 1.63. The van der Waals surface area contributed by atoms with Crippen molar-refractivity contribution in [2.45, 2.75) is 0 Å². The van der Waals surface area contributed by atoms with Crippen molar-refractivity contribution in [1.82, 2.24) is 9.97 Å². The SMILES string of the molecule is O=[N+]([O-])c1ccoc1-c1nc2ccc(Cl)cc2[nH]1. The largest absolute Gasteiger partial charge is 0.454 e. The molecule has 0 saturated heterocycles. The van der Waals surface area contributed by atoms with Crippen LogP contribution in [0.25, 0.3) is 22.6 Å². The van der Waals surface area contributed by atoms with Crippen molar-refractivity contribution in [2.75, 3.05) is 0 Å². The standard InChI is InChI=1S/C11H6ClN3O3/c12-6-1-2-7-8(5-6)14-11(13-7)10-9(15(16)17)3-4-18-10/h1-5H,(H,13,14). The van der Waals surface area contributed by atoms with Crippen LogP contribution in [0, 0.1) is 10.1 Å². The Balaban J connectivity index is 2.19. The number of H-pyrrole nitrogens is 1. The second-order valence-electron chi connectivity index (χ2n) is 3.64. The summed E-state index contributed by atoms with van der Waals surface area (Å²) in [5, 5.41) is 11.4. The average molecular weight is 264 g/mol. The number of imidazole rings is 1. The number of aromatic amines is 1. The van der Waals surface area contributed by atoms with Crippen molar-refractivity contribution in [2.24, 2.45) is 0 Å². The molecule has 0 aliphatic rings. The summed E-state index contributed by atoms with van der Waals surface area (Å²) in [6.45, 7) is 0. The average Bonchev–Trinajstić information content (AvgIpc) is 2.93. The summed E-state index contributed by atoms with van der Waals surface area (Å²) in [7, 11) is 0. The quantitative estimate of drug-likeness (QED) is 0.567. The lowest BCUT2D eigenvalue weighted by molar-refractivity contribution is -0.384. The molecule has 1 aromatic carbocycles. The van der Waals surface area contributed by atoms with E-state index in [0.717, 1.165) is 0 Å². The zero-order valence-electron chi connectivity index (χ0n) is 8.88. The molecule has 90 valence electrons. The zero-order chi connectivity index (χ0) is 12.7. The molecule has 0 amide bonds. The maximum Gasteiger partial charge on any atom is 0.318 e. The van der Waals surface area contributed by atoms with Gasteiger partial charge in [0.1, 0.15) is 0 Å². The molecule has 2 heterocycles. The van der Waals surface area contributed by atoms with Crippen LogP contribution in [0.1, 0.15) is 0 Å². The van der Waals surface area contributed by atoms with Gasteiger partial charge in [-0.2, -0.15) is 0 Å². The van der Waals surface area contributed by atoms with Crippen molar-refractivity contribution in [3.8, 4) is 11.6 Å². The summed E-state index contributed by atoms with van der Waals surface area (Å²) in [6, 6.07) is 6.41. The van der Waals surface area contributed by atoms with Crippen molar-refractivity contribution in [3.05, 3.63) is 45.7 Å². The van der Waals surface area contributed by atoms with E-state index in [1.165, 1.54) is 12.3 Å². The van der Waals surface area contributed by atoms with Gasteiger partial charge in [0.25, 0.3) is 0 Å². The summed E-state index contributed by atoms with van der Waals surface area (Å²) >= 11 is 5.86. The van der Waals surface area contributed by atoms with Gasteiger partial charge < -0.3 is 9.40 Å². The van der Waals surface area contributed by atoms with Crippen LogP contribution in [0.4, 0.5) is 5.69 Å². The number of nitrogens with zero attached hydrogens (tertiary/aromatic N) is 2. The highest BCUT2D eigenvalue weighted by Crippen LogP contribution is 2.30. The first-order valence-electron chi connectivity index (χ1n) is 5.02. The normalized spacial score (nSPS) is 10.9. The molecule has 0 radical (unpaired) electrons. The molecule has 3 aromatic rings. The molecular formula is C11H6ClN3O3. The molecule has 2 aromatic heterocycles.